The molecule has 7 nitrogen and oxygen atoms in total. The second-order valence-electron chi connectivity index (χ2n) is 6.55. The lowest BCUT2D eigenvalue weighted by Gasteiger charge is -2.29. The van der Waals surface area contributed by atoms with Crippen molar-refractivity contribution in [1.29, 1.82) is 0 Å². The molecule has 1 aliphatic heterocycles. The van der Waals surface area contributed by atoms with Crippen molar-refractivity contribution in [2.75, 3.05) is 13.1 Å². The van der Waals surface area contributed by atoms with Crippen LogP contribution in [0.5, 0.6) is 0 Å². The molecular weight excluding hydrogens is 308 g/mol. The molecule has 0 N–H and O–H groups in total. The van der Waals surface area contributed by atoms with E-state index in [2.05, 4.69) is 10.1 Å². The molecule has 0 bridgehead atoms. The Kier molecular flexibility index (Phi) is 4.51. The molecule has 0 spiro atoms. The number of nitrogens with zero attached hydrogens (tertiary/aromatic N) is 4. The van der Waals surface area contributed by atoms with Crippen LogP contribution in [-0.2, 0) is 11.8 Å². The average molecular weight is 330 g/mol. The quantitative estimate of drug-likeness (QED) is 0.633. The molecule has 0 unspecified atom stereocenters. The van der Waals surface area contributed by atoms with Gasteiger partial charge in [-0.15, -0.1) is 0 Å². The fourth-order valence-electron chi connectivity index (χ4n) is 2.93. The summed E-state index contributed by atoms with van der Waals surface area (Å²) < 4.78 is 7.01. The minimum atomic E-state index is -0.458. The summed E-state index contributed by atoms with van der Waals surface area (Å²) >= 11 is 0. The average Bonchev–Trinajstić information content (AvgIpc) is 3.23. The number of hydrogen-bond acceptors (Lipinski definition) is 5. The zero-order valence-electron chi connectivity index (χ0n) is 14.2. The molecular formula is C17H22N4O3. The Morgan fingerprint density at radius 1 is 1.29 bits per heavy atom. The highest BCUT2D eigenvalue weighted by Crippen LogP contribution is 2.28. The first-order valence-corrected chi connectivity index (χ1v) is 8.25. The van der Waals surface area contributed by atoms with Crippen LogP contribution in [0.2, 0.25) is 0 Å². The van der Waals surface area contributed by atoms with Gasteiger partial charge in [0.2, 0.25) is 5.89 Å². The Hall–Kier alpha value is -2.44. The van der Waals surface area contributed by atoms with Crippen LogP contribution in [0.15, 0.2) is 22.9 Å². The molecule has 1 fully saturated rings. The molecule has 3 rings (SSSR count). The third kappa shape index (κ3) is 3.11. The molecule has 0 atom stereocenters. The third-order valence-electron chi connectivity index (χ3n) is 4.48. The van der Waals surface area contributed by atoms with Gasteiger partial charge in [0.1, 0.15) is 0 Å². The van der Waals surface area contributed by atoms with Crippen molar-refractivity contribution in [3.8, 4) is 0 Å². The number of amides is 1. The van der Waals surface area contributed by atoms with Crippen molar-refractivity contribution in [3.05, 3.63) is 35.7 Å². The second-order valence-corrected chi connectivity index (χ2v) is 6.55. The summed E-state index contributed by atoms with van der Waals surface area (Å²) in [5.74, 6) is 0.831. The van der Waals surface area contributed by atoms with Crippen LogP contribution in [0.4, 0.5) is 0 Å². The minimum absolute atomic E-state index is 0.152. The van der Waals surface area contributed by atoms with Crippen LogP contribution >= 0.6 is 0 Å². The molecule has 24 heavy (non-hydrogen) atoms. The van der Waals surface area contributed by atoms with Crippen LogP contribution in [-0.4, -0.2) is 44.4 Å². The molecule has 1 amide bonds. The Morgan fingerprint density at radius 3 is 2.54 bits per heavy atom. The Balaban J connectivity index is 1.61. The number of likely N-dealkylation sites (tertiary alicyclic amines) is 1. The zero-order valence-corrected chi connectivity index (χ0v) is 14.2. The van der Waals surface area contributed by atoms with Crippen LogP contribution in [0.3, 0.4) is 0 Å². The van der Waals surface area contributed by atoms with Gasteiger partial charge in [0.25, 0.3) is 11.7 Å². The normalized spacial score (nSPS) is 15.9. The van der Waals surface area contributed by atoms with Gasteiger partial charge in [-0.1, -0.05) is 19.0 Å². The summed E-state index contributed by atoms with van der Waals surface area (Å²) in [6.45, 7) is 5.09. The van der Waals surface area contributed by atoms with Gasteiger partial charge >= 0.3 is 0 Å². The van der Waals surface area contributed by atoms with Crippen molar-refractivity contribution in [1.82, 2.24) is 19.6 Å². The largest absolute Gasteiger partial charge is 0.348 e. The summed E-state index contributed by atoms with van der Waals surface area (Å²) in [5.41, 5.74) is 0.417. The number of aryl methyl sites for hydroxylation is 1. The smallest absolute Gasteiger partial charge is 0.296 e. The predicted molar refractivity (Wildman–Crippen MR) is 86.7 cm³/mol. The molecule has 0 aromatic carbocycles. The van der Waals surface area contributed by atoms with Crippen molar-refractivity contribution < 1.29 is 14.1 Å². The topological polar surface area (TPSA) is 81.2 Å². The maximum absolute atomic E-state index is 12.4. The molecule has 128 valence electrons. The number of rotatable bonds is 4. The number of Topliss-reactive ketones (excluding diaryl/α,β-unsaturated/α-hetero) is 1. The van der Waals surface area contributed by atoms with Gasteiger partial charge in [-0.25, -0.2) is 0 Å². The van der Waals surface area contributed by atoms with E-state index in [0.29, 0.717) is 30.5 Å². The highest BCUT2D eigenvalue weighted by molar-refractivity contribution is 6.42. The second kappa shape index (κ2) is 6.59. The Bertz CT molecular complexity index is 739. The van der Waals surface area contributed by atoms with Crippen LogP contribution in [0.25, 0.3) is 0 Å². The standard InChI is InChI=1S/C17H22N4O3/c1-11(2)15-18-16(24-19-15)12-6-9-21(10-7-12)17(23)14(22)13-5-4-8-20(13)3/h4-5,8,11-12H,6-7,9-10H2,1-3H3. The van der Waals surface area contributed by atoms with E-state index in [1.54, 1.807) is 34.8 Å². The fraction of sp³-hybridized carbons (Fsp3) is 0.529. The zero-order chi connectivity index (χ0) is 17.3. The van der Waals surface area contributed by atoms with E-state index < -0.39 is 11.7 Å². The summed E-state index contributed by atoms with van der Waals surface area (Å²) in [5, 5.41) is 3.99. The lowest BCUT2D eigenvalue weighted by Crippen LogP contribution is -2.42. The van der Waals surface area contributed by atoms with E-state index in [-0.39, 0.29) is 11.8 Å². The molecule has 0 saturated carbocycles. The molecule has 2 aromatic heterocycles. The van der Waals surface area contributed by atoms with Gasteiger partial charge in [-0.05, 0) is 25.0 Å². The molecule has 3 heterocycles. The highest BCUT2D eigenvalue weighted by atomic mass is 16.5. The molecule has 1 aliphatic rings. The van der Waals surface area contributed by atoms with Gasteiger partial charge < -0.3 is 14.0 Å². The summed E-state index contributed by atoms with van der Waals surface area (Å²) in [4.78, 5) is 30.8. The van der Waals surface area contributed by atoms with Crippen LogP contribution < -0.4 is 0 Å². The lowest BCUT2D eigenvalue weighted by atomic mass is 9.96. The number of carbonyl (C=O) groups is 2. The van der Waals surface area contributed by atoms with Gasteiger partial charge in [0.05, 0.1) is 5.69 Å². The van der Waals surface area contributed by atoms with E-state index >= 15 is 0 Å². The first-order chi connectivity index (χ1) is 11.5. The molecule has 0 radical (unpaired) electrons. The maximum atomic E-state index is 12.4. The van der Waals surface area contributed by atoms with Crippen LogP contribution in [0.1, 0.15) is 60.7 Å². The maximum Gasteiger partial charge on any atom is 0.296 e. The number of carbonyl (C=O) groups excluding carboxylic acids is 2. The van der Waals surface area contributed by atoms with E-state index in [1.165, 1.54) is 0 Å². The van der Waals surface area contributed by atoms with Crippen molar-refractivity contribution in [3.63, 3.8) is 0 Å². The first-order valence-electron chi connectivity index (χ1n) is 8.25. The SMILES string of the molecule is CC(C)c1noc(C2CCN(C(=O)C(=O)c3cccn3C)CC2)n1. The number of hydrogen-bond donors (Lipinski definition) is 0. The van der Waals surface area contributed by atoms with E-state index in [9.17, 15) is 9.59 Å². The molecule has 0 aliphatic carbocycles. The Labute approximate surface area is 140 Å². The number of aromatic nitrogens is 3. The summed E-state index contributed by atoms with van der Waals surface area (Å²) in [6, 6.07) is 3.42. The van der Waals surface area contributed by atoms with Gasteiger partial charge in [0.15, 0.2) is 5.82 Å². The van der Waals surface area contributed by atoms with Crippen LogP contribution in [0, 0.1) is 0 Å². The molecule has 1 saturated heterocycles. The van der Waals surface area contributed by atoms with Gasteiger partial charge in [-0.3, -0.25) is 9.59 Å². The number of piperidine rings is 1. The minimum Gasteiger partial charge on any atom is -0.348 e. The first kappa shape index (κ1) is 16.4. The van der Waals surface area contributed by atoms with Crippen molar-refractivity contribution >= 4 is 11.7 Å². The van der Waals surface area contributed by atoms with Gasteiger partial charge in [0, 0.05) is 38.2 Å². The molecule has 7 heteroatoms. The van der Waals surface area contributed by atoms with E-state index in [0.717, 1.165) is 12.8 Å². The highest BCUT2D eigenvalue weighted by Gasteiger charge is 2.31. The monoisotopic (exact) mass is 330 g/mol. The van der Waals surface area contributed by atoms with Gasteiger partial charge in [-0.2, -0.15) is 4.98 Å². The molecule has 2 aromatic rings. The summed E-state index contributed by atoms with van der Waals surface area (Å²) in [6.07, 6.45) is 3.21. The van der Waals surface area contributed by atoms with Crippen molar-refractivity contribution in [2.24, 2.45) is 7.05 Å². The fourth-order valence-corrected chi connectivity index (χ4v) is 2.93. The predicted octanol–water partition coefficient (Wildman–Crippen LogP) is 2.12. The number of ketones is 1. The lowest BCUT2D eigenvalue weighted by molar-refractivity contribution is -0.127. The van der Waals surface area contributed by atoms with E-state index in [1.807, 2.05) is 13.8 Å². The Morgan fingerprint density at radius 2 is 2.00 bits per heavy atom. The van der Waals surface area contributed by atoms with E-state index in [4.69, 9.17) is 4.52 Å². The third-order valence-corrected chi connectivity index (χ3v) is 4.48. The summed E-state index contributed by atoms with van der Waals surface area (Å²) in [7, 11) is 1.76. The van der Waals surface area contributed by atoms with Crippen molar-refractivity contribution in [2.45, 2.75) is 38.5 Å².